The molecule has 0 radical (unpaired) electrons. The van der Waals surface area contributed by atoms with Gasteiger partial charge in [-0.3, -0.25) is 9.59 Å². The predicted octanol–water partition coefficient (Wildman–Crippen LogP) is 6.07. The molecular weight excluding hydrogens is 373 g/mol. The molecule has 0 spiro atoms. The molecule has 0 N–H and O–H groups in total. The second-order valence-electron chi connectivity index (χ2n) is 9.40. The second kappa shape index (κ2) is 9.97. The first-order valence-corrected chi connectivity index (χ1v) is 9.96. The molecule has 0 heterocycles. The van der Waals surface area contributed by atoms with E-state index < -0.39 is 42.7 Å². The third kappa shape index (κ3) is 9.28. The maximum Gasteiger partial charge on any atom is 0.422 e. The van der Waals surface area contributed by atoms with E-state index in [-0.39, 0.29) is 10.8 Å². The van der Waals surface area contributed by atoms with E-state index in [0.29, 0.717) is 19.3 Å². The molecule has 0 aliphatic rings. The minimum atomic E-state index is -4.59. The van der Waals surface area contributed by atoms with E-state index in [1.54, 1.807) is 13.8 Å². The number of carbonyl (C=O) groups is 2. The van der Waals surface area contributed by atoms with Crippen molar-refractivity contribution in [2.45, 2.75) is 99.3 Å². The van der Waals surface area contributed by atoms with Crippen LogP contribution in [0.4, 0.5) is 13.2 Å². The first kappa shape index (κ1) is 26.7. The monoisotopic (exact) mass is 410 g/mol. The lowest BCUT2D eigenvalue weighted by Crippen LogP contribution is -2.42. The number of ether oxygens (including phenoxy) is 2. The van der Waals surface area contributed by atoms with Crippen LogP contribution < -0.4 is 0 Å². The molecule has 1 atom stereocenters. The van der Waals surface area contributed by atoms with Gasteiger partial charge in [0.15, 0.2) is 6.61 Å². The highest BCUT2D eigenvalue weighted by Gasteiger charge is 2.42. The van der Waals surface area contributed by atoms with Crippen molar-refractivity contribution in [1.82, 2.24) is 0 Å². The van der Waals surface area contributed by atoms with E-state index in [1.807, 2.05) is 20.8 Å². The van der Waals surface area contributed by atoms with Gasteiger partial charge in [0.2, 0.25) is 0 Å². The fourth-order valence-electron chi connectivity index (χ4n) is 2.88. The van der Waals surface area contributed by atoms with Crippen molar-refractivity contribution in [3.63, 3.8) is 0 Å². The first-order valence-electron chi connectivity index (χ1n) is 9.96. The van der Waals surface area contributed by atoms with Crippen LogP contribution in [0.25, 0.3) is 0 Å². The van der Waals surface area contributed by atoms with Crippen molar-refractivity contribution in [2.24, 2.45) is 16.7 Å². The van der Waals surface area contributed by atoms with Crippen LogP contribution in [0.15, 0.2) is 0 Å². The third-order valence-electron chi connectivity index (χ3n) is 5.51. The van der Waals surface area contributed by atoms with Gasteiger partial charge >= 0.3 is 18.1 Å². The molecule has 0 bridgehead atoms. The zero-order valence-corrected chi connectivity index (χ0v) is 18.6. The molecule has 0 aliphatic heterocycles. The van der Waals surface area contributed by atoms with Gasteiger partial charge in [-0.25, -0.2) is 0 Å². The van der Waals surface area contributed by atoms with Gasteiger partial charge in [0.1, 0.15) is 5.60 Å². The van der Waals surface area contributed by atoms with Gasteiger partial charge in [-0.2, -0.15) is 13.2 Å². The molecule has 7 heteroatoms. The highest BCUT2D eigenvalue weighted by Crippen LogP contribution is 2.40. The molecule has 0 aromatic heterocycles. The van der Waals surface area contributed by atoms with Crippen molar-refractivity contribution in [3.05, 3.63) is 0 Å². The molecule has 0 amide bonds. The summed E-state index contributed by atoms with van der Waals surface area (Å²) in [6, 6.07) is 0. The standard InChI is InChI=1S/C21H37F3O4/c1-9-19(7,8)12-15(18(4,5)6)17(26)28-20(10-2,11-3)13-16(25)27-14-21(22,23)24/h15H,9-14H2,1-8H3. The van der Waals surface area contributed by atoms with Crippen molar-refractivity contribution < 1.29 is 32.2 Å². The van der Waals surface area contributed by atoms with Crippen molar-refractivity contribution in [3.8, 4) is 0 Å². The molecule has 0 aliphatic carbocycles. The Morgan fingerprint density at radius 3 is 1.75 bits per heavy atom. The molecule has 0 aromatic rings. The molecular formula is C21H37F3O4. The number of halogens is 3. The van der Waals surface area contributed by atoms with E-state index >= 15 is 0 Å². The normalized spacial score (nSPS) is 14.5. The van der Waals surface area contributed by atoms with E-state index in [1.165, 1.54) is 0 Å². The SMILES string of the molecule is CCC(C)(C)CC(C(=O)OC(CC)(CC)CC(=O)OCC(F)(F)F)C(C)(C)C. The van der Waals surface area contributed by atoms with Crippen LogP contribution in [0.2, 0.25) is 0 Å². The number of rotatable bonds is 10. The summed E-state index contributed by atoms with van der Waals surface area (Å²) in [7, 11) is 0. The van der Waals surface area contributed by atoms with Gasteiger partial charge in [-0.15, -0.1) is 0 Å². The maximum absolute atomic E-state index is 13.1. The smallest absolute Gasteiger partial charge is 0.422 e. The van der Waals surface area contributed by atoms with Crippen LogP contribution in [0.5, 0.6) is 0 Å². The lowest BCUT2D eigenvalue weighted by atomic mass is 9.70. The Kier molecular flexibility index (Phi) is 9.52. The predicted molar refractivity (Wildman–Crippen MR) is 103 cm³/mol. The van der Waals surface area contributed by atoms with Gasteiger partial charge in [0, 0.05) is 0 Å². The molecule has 166 valence electrons. The number of hydrogen-bond acceptors (Lipinski definition) is 4. The maximum atomic E-state index is 13.1. The Labute approximate surface area is 167 Å². The average molecular weight is 411 g/mol. The minimum absolute atomic E-state index is 0.0658. The summed E-state index contributed by atoms with van der Waals surface area (Å²) in [5.74, 6) is -1.83. The Hall–Kier alpha value is -1.27. The molecule has 0 aromatic carbocycles. The van der Waals surface area contributed by atoms with Gasteiger partial charge in [0.25, 0.3) is 0 Å². The van der Waals surface area contributed by atoms with E-state index in [9.17, 15) is 22.8 Å². The summed E-state index contributed by atoms with van der Waals surface area (Å²) in [4.78, 5) is 25.0. The summed E-state index contributed by atoms with van der Waals surface area (Å²) >= 11 is 0. The number of hydrogen-bond donors (Lipinski definition) is 0. The molecule has 1 unspecified atom stereocenters. The Morgan fingerprint density at radius 1 is 0.893 bits per heavy atom. The zero-order chi connectivity index (χ0) is 22.4. The first-order chi connectivity index (χ1) is 12.5. The summed E-state index contributed by atoms with van der Waals surface area (Å²) in [6.07, 6.45) is -2.85. The van der Waals surface area contributed by atoms with Crippen LogP contribution in [-0.2, 0) is 19.1 Å². The number of esters is 2. The van der Waals surface area contributed by atoms with Crippen molar-refractivity contribution >= 4 is 11.9 Å². The summed E-state index contributed by atoms with van der Waals surface area (Å²) < 4.78 is 47.0. The number of carbonyl (C=O) groups excluding carboxylic acids is 2. The highest BCUT2D eigenvalue weighted by atomic mass is 19.4. The second-order valence-corrected chi connectivity index (χ2v) is 9.40. The minimum Gasteiger partial charge on any atom is -0.458 e. The van der Waals surface area contributed by atoms with Crippen LogP contribution in [-0.4, -0.2) is 30.3 Å². The van der Waals surface area contributed by atoms with Gasteiger partial charge < -0.3 is 9.47 Å². The van der Waals surface area contributed by atoms with Crippen molar-refractivity contribution in [1.29, 1.82) is 0 Å². The van der Waals surface area contributed by atoms with E-state index in [0.717, 1.165) is 6.42 Å². The molecule has 0 fully saturated rings. The van der Waals surface area contributed by atoms with E-state index in [4.69, 9.17) is 4.74 Å². The molecule has 0 rings (SSSR count). The third-order valence-corrected chi connectivity index (χ3v) is 5.51. The summed E-state index contributed by atoms with van der Waals surface area (Å²) in [5.41, 5.74) is -1.59. The quantitative estimate of drug-likeness (QED) is 0.410. The highest BCUT2D eigenvalue weighted by molar-refractivity contribution is 5.75. The largest absolute Gasteiger partial charge is 0.458 e. The van der Waals surface area contributed by atoms with Gasteiger partial charge in [-0.1, -0.05) is 61.8 Å². The summed E-state index contributed by atoms with van der Waals surface area (Å²) in [6.45, 7) is 14.0. The van der Waals surface area contributed by atoms with E-state index in [2.05, 4.69) is 25.5 Å². The Bertz CT molecular complexity index is 515. The molecule has 28 heavy (non-hydrogen) atoms. The lowest BCUT2D eigenvalue weighted by molar-refractivity contribution is -0.193. The van der Waals surface area contributed by atoms with Crippen LogP contribution in [0.3, 0.4) is 0 Å². The average Bonchev–Trinajstić information content (AvgIpc) is 2.55. The van der Waals surface area contributed by atoms with Crippen LogP contribution in [0.1, 0.15) is 87.5 Å². The fraction of sp³-hybridized carbons (Fsp3) is 0.905. The zero-order valence-electron chi connectivity index (χ0n) is 18.6. The lowest BCUT2D eigenvalue weighted by Gasteiger charge is -2.38. The van der Waals surface area contributed by atoms with Crippen molar-refractivity contribution in [2.75, 3.05) is 6.61 Å². The Balaban J connectivity index is 5.40. The number of alkyl halides is 3. The Morgan fingerprint density at radius 2 is 1.39 bits per heavy atom. The van der Waals surface area contributed by atoms with Gasteiger partial charge in [0.05, 0.1) is 12.3 Å². The van der Waals surface area contributed by atoms with Crippen LogP contribution >= 0.6 is 0 Å². The van der Waals surface area contributed by atoms with Gasteiger partial charge in [-0.05, 0) is 30.1 Å². The molecule has 4 nitrogen and oxygen atoms in total. The molecule has 0 saturated carbocycles. The fourth-order valence-corrected chi connectivity index (χ4v) is 2.88. The molecule has 0 saturated heterocycles. The summed E-state index contributed by atoms with van der Waals surface area (Å²) in [5, 5.41) is 0. The van der Waals surface area contributed by atoms with Crippen LogP contribution in [0, 0.1) is 16.7 Å². The topological polar surface area (TPSA) is 52.6 Å².